The molecule has 0 unspecified atom stereocenters. The fourth-order valence-corrected chi connectivity index (χ4v) is 8.04. The summed E-state index contributed by atoms with van der Waals surface area (Å²) < 4.78 is 37.6. The lowest BCUT2D eigenvalue weighted by Gasteiger charge is -2.37. The first kappa shape index (κ1) is 36.2. The zero-order valence-electron chi connectivity index (χ0n) is 32.0. The Morgan fingerprint density at radius 2 is 1.35 bits per heavy atom. The maximum absolute atomic E-state index is 13.7. The molecule has 0 spiro atoms. The topological polar surface area (TPSA) is 78.9 Å². The average molecular weight is 739 g/mol. The Balaban J connectivity index is 1.33. The van der Waals surface area contributed by atoms with E-state index in [0.717, 1.165) is 60.4 Å². The van der Waals surface area contributed by atoms with Crippen molar-refractivity contribution in [1.82, 2.24) is 9.80 Å². The minimum absolute atomic E-state index is 0.0814. The van der Waals surface area contributed by atoms with E-state index < -0.39 is 5.97 Å². The van der Waals surface area contributed by atoms with Gasteiger partial charge in [0.25, 0.3) is 0 Å². The number of benzene rings is 5. The minimum atomic E-state index is -0.552. The molecule has 9 rings (SSSR count). The number of carbonyl (C=O) groups is 1. The van der Waals surface area contributed by atoms with Crippen LogP contribution >= 0.6 is 0 Å². The van der Waals surface area contributed by atoms with Crippen molar-refractivity contribution < 1.29 is 33.2 Å². The molecule has 5 aromatic carbocycles. The molecule has 4 aliphatic rings. The number of methoxy groups -OCH3 is 3. The third kappa shape index (κ3) is 7.37. The van der Waals surface area contributed by atoms with Crippen molar-refractivity contribution in [3.05, 3.63) is 136 Å². The molecule has 55 heavy (non-hydrogen) atoms. The van der Waals surface area contributed by atoms with Gasteiger partial charge in [-0.25, -0.2) is 4.79 Å². The van der Waals surface area contributed by atoms with Gasteiger partial charge in [0.1, 0.15) is 5.75 Å². The van der Waals surface area contributed by atoms with Gasteiger partial charge in [0.05, 0.1) is 21.3 Å². The second kappa shape index (κ2) is 15.5. The third-order valence-corrected chi connectivity index (χ3v) is 11.1. The predicted molar refractivity (Wildman–Crippen MR) is 212 cm³/mol. The van der Waals surface area contributed by atoms with Crippen LogP contribution in [-0.2, 0) is 30.5 Å². The monoisotopic (exact) mass is 738 g/mol. The Hall–Kier alpha value is -5.77. The predicted octanol–water partition coefficient (Wildman–Crippen LogP) is 8.77. The molecule has 0 N–H and O–H groups in total. The molecule has 0 saturated carbocycles. The lowest BCUT2D eigenvalue weighted by Crippen LogP contribution is -2.34. The number of likely N-dealkylation sites (N-methyl/N-ethyl adjacent to an activating group) is 2. The van der Waals surface area contributed by atoms with Crippen molar-refractivity contribution in [3.63, 3.8) is 0 Å². The van der Waals surface area contributed by atoms with Gasteiger partial charge < -0.3 is 28.4 Å². The van der Waals surface area contributed by atoms with Crippen LogP contribution < -0.4 is 28.4 Å². The number of esters is 1. The fourth-order valence-electron chi connectivity index (χ4n) is 8.04. The fraction of sp³-hybridized carbons (Fsp3) is 0.283. The van der Waals surface area contributed by atoms with Crippen LogP contribution in [0.25, 0.3) is 6.08 Å². The average Bonchev–Trinajstić information content (AvgIpc) is 3.20. The summed E-state index contributed by atoms with van der Waals surface area (Å²) >= 11 is 0. The summed E-state index contributed by atoms with van der Waals surface area (Å²) in [6, 6.07) is 30.1. The molecule has 4 heterocycles. The molecule has 6 bridgehead atoms. The summed E-state index contributed by atoms with van der Waals surface area (Å²) in [5.41, 5.74) is 7.47. The van der Waals surface area contributed by atoms with Gasteiger partial charge in [0, 0.05) is 36.8 Å². The van der Waals surface area contributed by atoms with Crippen LogP contribution in [0.5, 0.6) is 46.0 Å². The van der Waals surface area contributed by atoms with Crippen LogP contribution in [0, 0.1) is 0 Å². The third-order valence-electron chi connectivity index (χ3n) is 11.1. The molecule has 282 valence electrons. The Morgan fingerprint density at radius 3 is 2.09 bits per heavy atom. The van der Waals surface area contributed by atoms with E-state index >= 15 is 0 Å². The molecule has 5 aromatic rings. The van der Waals surface area contributed by atoms with Gasteiger partial charge in [-0.2, -0.15) is 0 Å². The molecule has 0 radical (unpaired) electrons. The largest absolute Gasteiger partial charge is 0.493 e. The lowest BCUT2D eigenvalue weighted by atomic mass is 9.87. The summed E-state index contributed by atoms with van der Waals surface area (Å²) in [4.78, 5) is 18.4. The number of carbonyl (C=O) groups excluding carboxylic acids is 1. The number of fused-ring (bicyclic) bond motifs is 2. The Bertz CT molecular complexity index is 2230. The summed E-state index contributed by atoms with van der Waals surface area (Å²) in [7, 11) is 9.19. The van der Waals surface area contributed by atoms with Crippen molar-refractivity contribution in [2.75, 3.05) is 48.5 Å². The van der Waals surface area contributed by atoms with Crippen LogP contribution in [0.1, 0.15) is 51.0 Å². The molecule has 0 aromatic heterocycles. The molecule has 0 aliphatic carbocycles. The Morgan fingerprint density at radius 1 is 0.691 bits per heavy atom. The van der Waals surface area contributed by atoms with Gasteiger partial charge in [0.15, 0.2) is 34.5 Å². The molecule has 0 amide bonds. The maximum Gasteiger partial charge on any atom is 0.336 e. The van der Waals surface area contributed by atoms with E-state index in [1.807, 2.05) is 60.7 Å². The van der Waals surface area contributed by atoms with E-state index in [2.05, 4.69) is 54.2 Å². The highest BCUT2D eigenvalue weighted by atomic mass is 16.6. The van der Waals surface area contributed by atoms with Gasteiger partial charge >= 0.3 is 5.97 Å². The number of nitrogens with zero attached hydrogens (tertiary/aromatic N) is 2. The molecule has 0 fully saturated rings. The highest BCUT2D eigenvalue weighted by molar-refractivity contribution is 5.89. The van der Waals surface area contributed by atoms with Crippen molar-refractivity contribution in [3.8, 4) is 46.0 Å². The SMILES string of the molecule is COc1ccc2cc1Oc1ccc(cc1)C[C@H]1c3cc(c(OC)cc3CCN1C)Oc1c(OC(=O)/C=C/c3ccccc3)c(OC)cc3c1[C@H](C2)N(C)CC3. The van der Waals surface area contributed by atoms with Crippen molar-refractivity contribution >= 4 is 12.0 Å². The highest BCUT2D eigenvalue weighted by Gasteiger charge is 2.35. The number of rotatable bonds is 6. The van der Waals surface area contributed by atoms with E-state index in [9.17, 15) is 4.79 Å². The minimum Gasteiger partial charge on any atom is -0.493 e. The first-order valence-electron chi connectivity index (χ1n) is 18.7. The van der Waals surface area contributed by atoms with Crippen molar-refractivity contribution in [2.24, 2.45) is 0 Å². The van der Waals surface area contributed by atoms with Crippen LogP contribution in [0.4, 0.5) is 0 Å². The molecule has 9 heteroatoms. The molecular formula is C46H46N2O7. The summed E-state index contributed by atoms with van der Waals surface area (Å²) in [5, 5.41) is 0. The Kier molecular flexibility index (Phi) is 10.2. The van der Waals surface area contributed by atoms with E-state index in [1.54, 1.807) is 27.4 Å². The standard InChI is InChI=1S/C46H46N2O7/c1-47-21-19-32-26-39(51-4)41-28-35(32)36(47)23-30-11-15-34(16-12-30)53-40-25-31(13-17-38(40)50-3)24-37-44-33(20-22-48(37)2)27-42(52-5)45(46(44)54-41)55-43(49)18-14-29-9-7-6-8-10-29/h6-18,25-28,36-37H,19-24H2,1-5H3/b18-14+/t36-,37-/m0/s1. The zero-order chi connectivity index (χ0) is 38.1. The first-order valence-corrected chi connectivity index (χ1v) is 18.7. The molecule has 9 nitrogen and oxygen atoms in total. The zero-order valence-corrected chi connectivity index (χ0v) is 32.0. The quantitative estimate of drug-likeness (QED) is 0.0966. The van der Waals surface area contributed by atoms with Gasteiger partial charge in [-0.15, -0.1) is 0 Å². The highest BCUT2D eigenvalue weighted by Crippen LogP contribution is 2.52. The van der Waals surface area contributed by atoms with Gasteiger partial charge in [-0.3, -0.25) is 9.80 Å². The van der Waals surface area contributed by atoms with Gasteiger partial charge in [0.2, 0.25) is 5.75 Å². The number of ether oxygens (including phenoxy) is 6. The van der Waals surface area contributed by atoms with E-state index in [4.69, 9.17) is 28.4 Å². The summed E-state index contributed by atoms with van der Waals surface area (Å²) in [6.07, 6.45) is 6.18. The normalized spacial score (nSPS) is 18.0. The van der Waals surface area contributed by atoms with Gasteiger partial charge in [-0.05, 0) is 122 Å². The molecule has 2 atom stereocenters. The smallest absolute Gasteiger partial charge is 0.336 e. The van der Waals surface area contributed by atoms with Crippen LogP contribution in [-0.4, -0.2) is 64.3 Å². The molecule has 4 aliphatic heterocycles. The summed E-state index contributed by atoms with van der Waals surface area (Å²) in [5.74, 6) is 3.66. The van der Waals surface area contributed by atoms with E-state index in [1.165, 1.54) is 22.8 Å². The lowest BCUT2D eigenvalue weighted by molar-refractivity contribution is -0.129. The summed E-state index contributed by atoms with van der Waals surface area (Å²) in [6.45, 7) is 1.72. The van der Waals surface area contributed by atoms with Crippen LogP contribution in [0.15, 0.2) is 97.1 Å². The van der Waals surface area contributed by atoms with E-state index in [0.29, 0.717) is 40.9 Å². The molecule has 0 saturated heterocycles. The van der Waals surface area contributed by atoms with Gasteiger partial charge in [-0.1, -0.05) is 48.5 Å². The van der Waals surface area contributed by atoms with Crippen molar-refractivity contribution in [2.45, 2.75) is 37.8 Å². The first-order chi connectivity index (χ1) is 26.8. The maximum atomic E-state index is 13.7. The number of hydrogen-bond donors (Lipinski definition) is 0. The Labute approximate surface area is 322 Å². The second-order valence-corrected chi connectivity index (χ2v) is 14.4. The van der Waals surface area contributed by atoms with Crippen LogP contribution in [0.2, 0.25) is 0 Å². The number of hydrogen-bond acceptors (Lipinski definition) is 9. The molecular weight excluding hydrogens is 693 g/mol. The van der Waals surface area contributed by atoms with E-state index in [-0.39, 0.29) is 17.8 Å². The second-order valence-electron chi connectivity index (χ2n) is 14.4. The van der Waals surface area contributed by atoms with Crippen LogP contribution in [0.3, 0.4) is 0 Å². The van der Waals surface area contributed by atoms with Crippen molar-refractivity contribution in [1.29, 1.82) is 0 Å².